The summed E-state index contributed by atoms with van der Waals surface area (Å²) >= 11 is 0. The van der Waals surface area contributed by atoms with Gasteiger partial charge in [-0.15, -0.1) is 0 Å². The monoisotopic (exact) mass is 295 g/mol. The van der Waals surface area contributed by atoms with E-state index in [0.29, 0.717) is 11.7 Å². The summed E-state index contributed by atoms with van der Waals surface area (Å²) in [4.78, 5) is 11.6. The molecular formula is C18H21N3O. The van der Waals surface area contributed by atoms with Gasteiger partial charge in [-0.2, -0.15) is 0 Å². The summed E-state index contributed by atoms with van der Waals surface area (Å²) in [5.41, 5.74) is 1.20. The van der Waals surface area contributed by atoms with Gasteiger partial charge >= 0.3 is 0 Å². The van der Waals surface area contributed by atoms with Gasteiger partial charge in [0.05, 0.1) is 0 Å². The number of nitrogens with zero attached hydrogens (tertiary/aromatic N) is 3. The Balaban J connectivity index is 1.56. The van der Waals surface area contributed by atoms with Gasteiger partial charge in [-0.25, -0.2) is 9.97 Å². The van der Waals surface area contributed by atoms with Crippen LogP contribution in [-0.2, 0) is 6.54 Å². The summed E-state index contributed by atoms with van der Waals surface area (Å²) in [6.07, 6.45) is 7.00. The molecule has 22 heavy (non-hydrogen) atoms. The van der Waals surface area contributed by atoms with Gasteiger partial charge in [-0.1, -0.05) is 12.1 Å². The van der Waals surface area contributed by atoms with E-state index in [2.05, 4.69) is 9.88 Å². The molecule has 2 saturated carbocycles. The standard InChI is InChI=1S/C18H21N3O/c22-16-7-3-14(4-8-16)12-21(11-13-1-2-13)17-9-10-19-18(20-17)15-5-6-15/h3-4,7-10,13,15,22H,1-2,5-6,11-12H2. The minimum atomic E-state index is 0.315. The molecule has 0 unspecified atom stereocenters. The molecule has 1 aromatic carbocycles. The first-order valence-corrected chi connectivity index (χ1v) is 8.14. The zero-order chi connectivity index (χ0) is 14.9. The van der Waals surface area contributed by atoms with Gasteiger partial charge in [-0.05, 0) is 55.4 Å². The van der Waals surface area contributed by atoms with Gasteiger partial charge in [0.25, 0.3) is 0 Å². The van der Waals surface area contributed by atoms with E-state index < -0.39 is 0 Å². The average molecular weight is 295 g/mol. The first-order chi connectivity index (χ1) is 10.8. The van der Waals surface area contributed by atoms with Gasteiger partial charge in [0.1, 0.15) is 17.4 Å². The van der Waals surface area contributed by atoms with Crippen molar-refractivity contribution in [2.24, 2.45) is 5.92 Å². The highest BCUT2D eigenvalue weighted by Gasteiger charge is 2.28. The van der Waals surface area contributed by atoms with Crippen LogP contribution in [0.25, 0.3) is 0 Å². The average Bonchev–Trinajstić information content (AvgIpc) is 3.42. The number of phenols is 1. The summed E-state index contributed by atoms with van der Waals surface area (Å²) in [6, 6.07) is 9.49. The molecule has 0 radical (unpaired) electrons. The van der Waals surface area contributed by atoms with Crippen LogP contribution in [0.5, 0.6) is 5.75 Å². The maximum absolute atomic E-state index is 9.43. The second-order valence-electron chi connectivity index (χ2n) is 6.54. The number of hydrogen-bond donors (Lipinski definition) is 1. The van der Waals surface area contributed by atoms with Crippen LogP contribution in [0, 0.1) is 5.92 Å². The fourth-order valence-corrected chi connectivity index (χ4v) is 2.75. The Morgan fingerprint density at radius 2 is 1.82 bits per heavy atom. The predicted molar refractivity (Wildman–Crippen MR) is 85.9 cm³/mol. The van der Waals surface area contributed by atoms with Gasteiger partial charge in [-0.3, -0.25) is 0 Å². The third-order valence-electron chi connectivity index (χ3n) is 4.41. The van der Waals surface area contributed by atoms with Crippen molar-refractivity contribution in [3.8, 4) is 5.75 Å². The SMILES string of the molecule is Oc1ccc(CN(CC2CC2)c2ccnc(C3CC3)n2)cc1. The topological polar surface area (TPSA) is 49.2 Å². The van der Waals surface area contributed by atoms with Crippen molar-refractivity contribution in [1.82, 2.24) is 9.97 Å². The number of rotatable bonds is 6. The Morgan fingerprint density at radius 3 is 2.50 bits per heavy atom. The molecule has 0 bridgehead atoms. The lowest BCUT2D eigenvalue weighted by atomic mass is 10.2. The highest BCUT2D eigenvalue weighted by molar-refractivity contribution is 5.40. The van der Waals surface area contributed by atoms with Crippen LogP contribution >= 0.6 is 0 Å². The molecule has 1 N–H and O–H groups in total. The Labute approximate surface area is 130 Å². The lowest BCUT2D eigenvalue weighted by Crippen LogP contribution is -2.26. The van der Waals surface area contributed by atoms with Crippen molar-refractivity contribution in [3.05, 3.63) is 47.9 Å². The zero-order valence-electron chi connectivity index (χ0n) is 12.7. The van der Waals surface area contributed by atoms with Gasteiger partial charge < -0.3 is 10.0 Å². The zero-order valence-corrected chi connectivity index (χ0v) is 12.7. The molecular weight excluding hydrogens is 274 g/mol. The van der Waals surface area contributed by atoms with Crippen LogP contribution in [0.2, 0.25) is 0 Å². The molecule has 0 aliphatic heterocycles. The summed E-state index contributed by atoms with van der Waals surface area (Å²) in [7, 11) is 0. The molecule has 2 fully saturated rings. The lowest BCUT2D eigenvalue weighted by Gasteiger charge is -2.24. The largest absolute Gasteiger partial charge is 0.508 e. The van der Waals surface area contributed by atoms with Crippen molar-refractivity contribution in [1.29, 1.82) is 0 Å². The van der Waals surface area contributed by atoms with E-state index in [4.69, 9.17) is 4.98 Å². The van der Waals surface area contributed by atoms with E-state index in [1.807, 2.05) is 24.4 Å². The molecule has 0 amide bonds. The van der Waals surface area contributed by atoms with E-state index in [-0.39, 0.29) is 0 Å². The normalized spacial score (nSPS) is 17.5. The van der Waals surface area contributed by atoms with Gasteiger partial charge in [0.15, 0.2) is 0 Å². The van der Waals surface area contributed by atoms with Crippen LogP contribution in [0.4, 0.5) is 5.82 Å². The van der Waals surface area contributed by atoms with E-state index in [0.717, 1.165) is 30.6 Å². The van der Waals surface area contributed by atoms with E-state index in [1.165, 1.54) is 31.2 Å². The number of aromatic hydroxyl groups is 1. The Morgan fingerprint density at radius 1 is 1.05 bits per heavy atom. The molecule has 4 nitrogen and oxygen atoms in total. The second-order valence-corrected chi connectivity index (χ2v) is 6.54. The van der Waals surface area contributed by atoms with Crippen molar-refractivity contribution in [2.45, 2.75) is 38.1 Å². The minimum absolute atomic E-state index is 0.315. The summed E-state index contributed by atoms with van der Waals surface area (Å²) in [5.74, 6) is 3.74. The minimum Gasteiger partial charge on any atom is -0.508 e. The van der Waals surface area contributed by atoms with Crippen LogP contribution in [0.1, 0.15) is 43.0 Å². The number of hydrogen-bond acceptors (Lipinski definition) is 4. The highest BCUT2D eigenvalue weighted by atomic mass is 16.3. The Bertz CT molecular complexity index is 648. The number of benzene rings is 1. The van der Waals surface area contributed by atoms with Crippen molar-refractivity contribution >= 4 is 5.82 Å². The summed E-state index contributed by atoms with van der Waals surface area (Å²) in [6.45, 7) is 1.89. The number of aromatic nitrogens is 2. The van der Waals surface area contributed by atoms with Crippen LogP contribution in [0.15, 0.2) is 36.5 Å². The smallest absolute Gasteiger partial charge is 0.133 e. The molecule has 4 heteroatoms. The van der Waals surface area contributed by atoms with Crippen LogP contribution in [-0.4, -0.2) is 21.6 Å². The number of phenolic OH excluding ortho intramolecular Hbond substituents is 1. The molecule has 0 atom stereocenters. The quantitative estimate of drug-likeness (QED) is 0.886. The molecule has 0 saturated heterocycles. The first-order valence-electron chi connectivity index (χ1n) is 8.14. The van der Waals surface area contributed by atoms with E-state index in [9.17, 15) is 5.11 Å². The lowest BCUT2D eigenvalue weighted by molar-refractivity contribution is 0.475. The van der Waals surface area contributed by atoms with Crippen molar-refractivity contribution < 1.29 is 5.11 Å². The summed E-state index contributed by atoms with van der Waals surface area (Å²) in [5, 5.41) is 9.43. The molecule has 2 aliphatic carbocycles. The summed E-state index contributed by atoms with van der Waals surface area (Å²) < 4.78 is 0. The van der Waals surface area contributed by atoms with Crippen LogP contribution in [0.3, 0.4) is 0 Å². The number of anilines is 1. The maximum Gasteiger partial charge on any atom is 0.133 e. The van der Waals surface area contributed by atoms with Crippen molar-refractivity contribution in [2.75, 3.05) is 11.4 Å². The molecule has 2 aromatic rings. The van der Waals surface area contributed by atoms with E-state index in [1.54, 1.807) is 12.1 Å². The Kier molecular flexibility index (Phi) is 3.45. The third-order valence-corrected chi connectivity index (χ3v) is 4.41. The van der Waals surface area contributed by atoms with Gasteiger partial charge in [0.2, 0.25) is 0 Å². The van der Waals surface area contributed by atoms with Crippen LogP contribution < -0.4 is 4.90 Å². The Hall–Kier alpha value is -2.10. The molecule has 0 spiro atoms. The first kappa shape index (κ1) is 13.6. The third kappa shape index (κ3) is 3.21. The van der Waals surface area contributed by atoms with Crippen molar-refractivity contribution in [3.63, 3.8) is 0 Å². The fraction of sp³-hybridized carbons (Fsp3) is 0.444. The van der Waals surface area contributed by atoms with E-state index >= 15 is 0 Å². The molecule has 1 heterocycles. The molecule has 4 rings (SSSR count). The molecule has 114 valence electrons. The molecule has 1 aromatic heterocycles. The predicted octanol–water partition coefficient (Wildman–Crippen LogP) is 3.48. The highest BCUT2D eigenvalue weighted by Crippen LogP contribution is 2.38. The van der Waals surface area contributed by atoms with Gasteiger partial charge in [0, 0.05) is 25.2 Å². The fourth-order valence-electron chi connectivity index (χ4n) is 2.75. The maximum atomic E-state index is 9.43. The molecule has 2 aliphatic rings. The second kappa shape index (κ2) is 5.59.